The van der Waals surface area contributed by atoms with Crippen LogP contribution in [0.1, 0.15) is 46.9 Å². The highest BCUT2D eigenvalue weighted by Gasteiger charge is 2.43. The van der Waals surface area contributed by atoms with Crippen LogP contribution in [0.5, 0.6) is 11.5 Å². The molecule has 210 valence electrons. The summed E-state index contributed by atoms with van der Waals surface area (Å²) in [6.07, 6.45) is -0.442. The maximum absolute atomic E-state index is 13.3. The van der Waals surface area contributed by atoms with E-state index in [0.29, 0.717) is 22.4 Å². The molecule has 0 saturated heterocycles. The Kier molecular flexibility index (Phi) is 7.66. The first-order valence-corrected chi connectivity index (χ1v) is 13.1. The van der Waals surface area contributed by atoms with Crippen LogP contribution >= 0.6 is 12.2 Å². The van der Waals surface area contributed by atoms with Crippen molar-refractivity contribution < 1.29 is 23.0 Å². The van der Waals surface area contributed by atoms with Gasteiger partial charge in [0.2, 0.25) is 0 Å². The first-order chi connectivity index (χ1) is 19.6. The van der Waals surface area contributed by atoms with Gasteiger partial charge in [-0.3, -0.25) is 10.2 Å². The second-order valence-electron chi connectivity index (χ2n) is 9.51. The quantitative estimate of drug-likeness (QED) is 0.137. The van der Waals surface area contributed by atoms with E-state index in [1.54, 1.807) is 24.0 Å². The third kappa shape index (κ3) is 6.49. The van der Waals surface area contributed by atoms with Crippen molar-refractivity contribution in [2.45, 2.75) is 33.0 Å². The van der Waals surface area contributed by atoms with E-state index in [4.69, 9.17) is 12.2 Å². The highest BCUT2D eigenvalue weighted by molar-refractivity contribution is 7.80. The topological polar surface area (TPSA) is 102 Å². The lowest BCUT2D eigenvalue weighted by molar-refractivity contribution is -0.286. The molecule has 0 saturated carbocycles. The zero-order valence-corrected chi connectivity index (χ0v) is 23.1. The molecule has 2 heterocycles. The summed E-state index contributed by atoms with van der Waals surface area (Å²) in [5, 5.41) is 15.0. The standard InChI is InChI=1S/C29H26F2N6O3S/c1-17(2)22-6-4-5-7-23(22)34-28(41)35-32-15-19-8-11-21(12-9-19)37-16-24(18(3)36-37)33-27(38)20-10-13-25-26(14-20)40-29(30,31)39-25/h4-17H,1-3H3,(H,33,38)(H2,34,35,41)/b32-15+. The molecule has 0 spiro atoms. The normalized spacial score (nSPS) is 13.4. The number of benzene rings is 3. The van der Waals surface area contributed by atoms with E-state index < -0.39 is 12.2 Å². The molecular weight excluding hydrogens is 550 g/mol. The molecule has 3 N–H and O–H groups in total. The number of amides is 1. The molecule has 0 bridgehead atoms. The van der Waals surface area contributed by atoms with Gasteiger partial charge in [0, 0.05) is 11.3 Å². The Morgan fingerprint density at radius 3 is 2.51 bits per heavy atom. The van der Waals surface area contributed by atoms with Crippen LogP contribution in [-0.2, 0) is 0 Å². The molecule has 1 aromatic heterocycles. The number of carbonyl (C=O) groups excluding carboxylic acids is 1. The predicted molar refractivity (Wildman–Crippen MR) is 156 cm³/mol. The molecule has 1 aliphatic heterocycles. The van der Waals surface area contributed by atoms with Crippen molar-refractivity contribution in [3.8, 4) is 17.2 Å². The third-order valence-corrected chi connectivity index (χ3v) is 6.37. The summed E-state index contributed by atoms with van der Waals surface area (Å²) in [4.78, 5) is 12.7. The van der Waals surface area contributed by atoms with Gasteiger partial charge < -0.3 is 20.1 Å². The molecule has 9 nitrogen and oxygen atoms in total. The number of halogens is 2. The SMILES string of the molecule is Cc1nn(-c2ccc(/C=N/NC(=S)Nc3ccccc3C(C)C)cc2)cc1NC(=O)c1ccc2c(c1)OC(F)(F)O2. The number of hydrazone groups is 1. The summed E-state index contributed by atoms with van der Waals surface area (Å²) in [7, 11) is 0. The molecule has 0 aliphatic carbocycles. The van der Waals surface area contributed by atoms with Crippen LogP contribution in [0.3, 0.4) is 0 Å². The molecule has 0 fully saturated rings. The number of alkyl halides is 2. The van der Waals surface area contributed by atoms with Gasteiger partial charge in [-0.05, 0) is 72.6 Å². The van der Waals surface area contributed by atoms with Crippen molar-refractivity contribution in [1.29, 1.82) is 0 Å². The molecule has 5 rings (SSSR count). The average Bonchev–Trinajstić information content (AvgIpc) is 3.45. The number of aromatic nitrogens is 2. The number of rotatable bonds is 7. The lowest BCUT2D eigenvalue weighted by Crippen LogP contribution is -2.25. The predicted octanol–water partition coefficient (Wildman–Crippen LogP) is 6.20. The fourth-order valence-corrected chi connectivity index (χ4v) is 4.31. The summed E-state index contributed by atoms with van der Waals surface area (Å²) in [5.74, 6) is -0.494. The number of hydrogen-bond acceptors (Lipinski definition) is 6. The van der Waals surface area contributed by atoms with Crippen LogP contribution in [0, 0.1) is 6.92 Å². The van der Waals surface area contributed by atoms with E-state index >= 15 is 0 Å². The second-order valence-corrected chi connectivity index (χ2v) is 9.92. The van der Waals surface area contributed by atoms with Gasteiger partial charge in [0.05, 0.1) is 29.5 Å². The molecule has 4 aromatic rings. The number of aryl methyl sites for hydroxylation is 1. The number of hydrogen-bond donors (Lipinski definition) is 3. The number of nitrogens with zero attached hydrogens (tertiary/aromatic N) is 3. The van der Waals surface area contributed by atoms with Gasteiger partial charge in [0.15, 0.2) is 16.6 Å². The molecule has 12 heteroatoms. The van der Waals surface area contributed by atoms with E-state index in [1.165, 1.54) is 18.2 Å². The first kappa shape index (κ1) is 27.7. The zero-order valence-electron chi connectivity index (χ0n) is 22.3. The largest absolute Gasteiger partial charge is 0.586 e. The van der Waals surface area contributed by atoms with Crippen molar-refractivity contribution in [3.63, 3.8) is 0 Å². The van der Waals surface area contributed by atoms with Gasteiger partial charge in [-0.25, -0.2) is 4.68 Å². The number of anilines is 2. The third-order valence-electron chi connectivity index (χ3n) is 6.18. The van der Waals surface area contributed by atoms with E-state index in [-0.39, 0.29) is 17.1 Å². The fourth-order valence-electron chi connectivity index (χ4n) is 4.14. The van der Waals surface area contributed by atoms with Crippen LogP contribution < -0.4 is 25.5 Å². The smallest absolute Gasteiger partial charge is 0.395 e. The van der Waals surface area contributed by atoms with Crippen LogP contribution in [0.25, 0.3) is 5.69 Å². The summed E-state index contributed by atoms with van der Waals surface area (Å²) >= 11 is 5.37. The molecule has 0 radical (unpaired) electrons. The zero-order chi connectivity index (χ0) is 29.1. The second kappa shape index (κ2) is 11.3. The fraction of sp³-hybridized carbons (Fsp3) is 0.172. The molecule has 0 atom stereocenters. The van der Waals surface area contributed by atoms with Crippen LogP contribution in [0.4, 0.5) is 20.2 Å². The maximum Gasteiger partial charge on any atom is 0.586 e. The van der Waals surface area contributed by atoms with Crippen molar-refractivity contribution in [2.24, 2.45) is 5.10 Å². The lowest BCUT2D eigenvalue weighted by atomic mass is 10.0. The van der Waals surface area contributed by atoms with Crippen molar-refractivity contribution in [2.75, 3.05) is 10.6 Å². The summed E-state index contributed by atoms with van der Waals surface area (Å²) in [5.41, 5.74) is 7.68. The monoisotopic (exact) mass is 576 g/mol. The molecule has 0 unspecified atom stereocenters. The van der Waals surface area contributed by atoms with Crippen molar-refractivity contribution >= 4 is 40.8 Å². The van der Waals surface area contributed by atoms with Gasteiger partial charge in [-0.2, -0.15) is 10.2 Å². The van der Waals surface area contributed by atoms with Gasteiger partial charge in [-0.15, -0.1) is 8.78 Å². The Morgan fingerprint density at radius 2 is 1.76 bits per heavy atom. The average molecular weight is 577 g/mol. The number of ether oxygens (including phenoxy) is 2. The Labute approximate surface area is 240 Å². The molecule has 1 aliphatic rings. The Hall–Kier alpha value is -4.84. The Morgan fingerprint density at radius 1 is 1.02 bits per heavy atom. The van der Waals surface area contributed by atoms with Gasteiger partial charge in [0.25, 0.3) is 5.91 Å². The Balaban J connectivity index is 1.19. The molecule has 41 heavy (non-hydrogen) atoms. The summed E-state index contributed by atoms with van der Waals surface area (Å²) in [6, 6.07) is 19.3. The number of para-hydroxylation sites is 1. The van der Waals surface area contributed by atoms with Crippen molar-refractivity contribution in [1.82, 2.24) is 15.2 Å². The first-order valence-electron chi connectivity index (χ1n) is 12.6. The molecule has 1 amide bonds. The van der Waals surface area contributed by atoms with Crippen molar-refractivity contribution in [3.05, 3.63) is 95.3 Å². The highest BCUT2D eigenvalue weighted by atomic mass is 32.1. The molecule has 3 aromatic carbocycles. The lowest BCUT2D eigenvalue weighted by Gasteiger charge is -2.14. The number of nitrogens with one attached hydrogen (secondary N) is 3. The van der Waals surface area contributed by atoms with Crippen LogP contribution in [0.15, 0.2) is 78.0 Å². The van der Waals surface area contributed by atoms with E-state index in [0.717, 1.165) is 22.5 Å². The van der Waals surface area contributed by atoms with E-state index in [2.05, 4.69) is 55.6 Å². The minimum atomic E-state index is -3.75. The van der Waals surface area contributed by atoms with E-state index in [1.807, 2.05) is 42.5 Å². The van der Waals surface area contributed by atoms with Gasteiger partial charge >= 0.3 is 6.29 Å². The maximum atomic E-state index is 13.3. The summed E-state index contributed by atoms with van der Waals surface area (Å²) < 4.78 is 37.0. The number of carbonyl (C=O) groups is 1. The van der Waals surface area contributed by atoms with Crippen LogP contribution in [0.2, 0.25) is 0 Å². The van der Waals surface area contributed by atoms with Gasteiger partial charge in [0.1, 0.15) is 0 Å². The number of fused-ring (bicyclic) bond motifs is 1. The molecular formula is C29H26F2N6O3S. The number of thiocarbonyl (C=S) groups is 1. The van der Waals surface area contributed by atoms with Gasteiger partial charge in [-0.1, -0.05) is 44.2 Å². The Bertz CT molecular complexity index is 1640. The van der Waals surface area contributed by atoms with Crippen LogP contribution in [-0.4, -0.2) is 33.3 Å². The highest BCUT2D eigenvalue weighted by Crippen LogP contribution is 2.41. The summed E-state index contributed by atoms with van der Waals surface area (Å²) in [6.45, 7) is 5.99. The minimum absolute atomic E-state index is 0.133. The van der Waals surface area contributed by atoms with E-state index in [9.17, 15) is 13.6 Å². The minimum Gasteiger partial charge on any atom is -0.395 e.